The van der Waals surface area contributed by atoms with Gasteiger partial charge in [0.05, 0.1) is 0 Å². The molecule has 0 aromatic heterocycles. The van der Waals surface area contributed by atoms with Crippen molar-refractivity contribution in [3.8, 4) is 0 Å². The number of unbranched alkanes of at least 4 members (excludes halogenated alkanes) is 3. The van der Waals surface area contributed by atoms with Gasteiger partial charge in [-0.2, -0.15) is 0 Å². The Morgan fingerprint density at radius 3 is 1.25 bits per heavy atom. The molecule has 1 radical (unpaired) electrons. The van der Waals surface area contributed by atoms with E-state index in [9.17, 15) is 0 Å². The molecule has 0 aromatic carbocycles. The van der Waals surface area contributed by atoms with Crippen molar-refractivity contribution < 1.29 is 0 Å². The molecule has 1 fully saturated rings. The minimum absolute atomic E-state index is 0.839. The molecular formula is C14H32PSn. The summed E-state index contributed by atoms with van der Waals surface area (Å²) in [5.41, 5.74) is 0. The van der Waals surface area contributed by atoms with E-state index in [4.69, 9.17) is 0 Å². The summed E-state index contributed by atoms with van der Waals surface area (Å²) in [6.07, 6.45) is 11.9. The van der Waals surface area contributed by atoms with Gasteiger partial charge in [0.15, 0.2) is 0 Å². The van der Waals surface area contributed by atoms with Gasteiger partial charge in [0.2, 0.25) is 0 Å². The molecule has 0 spiro atoms. The molecule has 1 saturated heterocycles. The molecule has 2 heteroatoms. The summed E-state index contributed by atoms with van der Waals surface area (Å²) in [5.74, 6) is 0. The molecule has 0 unspecified atom stereocenters. The zero-order valence-corrected chi connectivity index (χ0v) is 15.6. The second-order valence-corrected chi connectivity index (χ2v) is 14.9. The molecule has 0 nitrogen and oxygen atoms in total. The molecule has 0 saturated carbocycles. The molecule has 1 heterocycles. The Kier molecular flexibility index (Phi) is 15.4. The third-order valence-electron chi connectivity index (χ3n) is 2.90. The SMILES string of the molecule is C1CP1.CCC[CH2][Sn]([CH2]CCC)[CH2]CCC. The summed E-state index contributed by atoms with van der Waals surface area (Å²) in [7, 11) is 1.33. The van der Waals surface area contributed by atoms with Crippen LogP contribution in [-0.2, 0) is 0 Å². The molecule has 1 rings (SSSR count). The van der Waals surface area contributed by atoms with E-state index in [-0.39, 0.29) is 0 Å². The first-order chi connectivity index (χ1) is 7.85. The molecule has 0 bridgehead atoms. The Morgan fingerprint density at radius 2 is 1.06 bits per heavy atom. The van der Waals surface area contributed by atoms with Crippen LogP contribution in [0.25, 0.3) is 0 Å². The Hall–Kier alpha value is 1.23. The third-order valence-corrected chi connectivity index (χ3v) is 12.5. The van der Waals surface area contributed by atoms with Crippen LogP contribution in [0.2, 0.25) is 13.3 Å². The Bertz CT molecular complexity index is 104. The first-order valence-corrected chi connectivity index (χ1v) is 14.9. The van der Waals surface area contributed by atoms with Gasteiger partial charge in [-0.25, -0.2) is 0 Å². The second-order valence-electron chi connectivity index (χ2n) is 4.81. The molecule has 1 aliphatic heterocycles. The van der Waals surface area contributed by atoms with Crippen molar-refractivity contribution in [1.29, 1.82) is 0 Å². The average Bonchev–Trinajstić information content (AvgIpc) is 3.16. The van der Waals surface area contributed by atoms with Crippen LogP contribution < -0.4 is 0 Å². The van der Waals surface area contributed by atoms with Gasteiger partial charge in [-0.15, -0.1) is 8.58 Å². The van der Waals surface area contributed by atoms with Crippen LogP contribution in [0.3, 0.4) is 0 Å². The third kappa shape index (κ3) is 15.2. The van der Waals surface area contributed by atoms with E-state index in [0.717, 1.165) is 0 Å². The fourth-order valence-corrected chi connectivity index (χ4v) is 11.1. The van der Waals surface area contributed by atoms with Crippen LogP contribution in [0.15, 0.2) is 0 Å². The fraction of sp³-hybridized carbons (Fsp3) is 1.00. The van der Waals surface area contributed by atoms with Crippen molar-refractivity contribution >= 4 is 28.3 Å². The fourth-order valence-electron chi connectivity index (χ4n) is 1.66. The van der Waals surface area contributed by atoms with E-state index in [1.54, 1.807) is 13.3 Å². The van der Waals surface area contributed by atoms with Crippen molar-refractivity contribution in [2.45, 2.75) is 72.6 Å². The topological polar surface area (TPSA) is 0 Å². The molecule has 97 valence electrons. The Labute approximate surface area is 113 Å². The predicted octanol–water partition coefficient (Wildman–Crippen LogP) is 5.56. The quantitative estimate of drug-likeness (QED) is 0.377. The Morgan fingerprint density at radius 1 is 0.750 bits per heavy atom. The summed E-state index contributed by atoms with van der Waals surface area (Å²) >= 11 is -0.839. The summed E-state index contributed by atoms with van der Waals surface area (Å²) in [6.45, 7) is 7.00. The minimum atomic E-state index is -0.839. The first-order valence-electron chi connectivity index (χ1n) is 7.39. The van der Waals surface area contributed by atoms with Gasteiger partial charge >= 0.3 is 92.4 Å². The zero-order chi connectivity index (χ0) is 12.1. The molecule has 0 aliphatic carbocycles. The maximum atomic E-state index is 2.33. The first kappa shape index (κ1) is 17.2. The van der Waals surface area contributed by atoms with E-state index in [1.807, 2.05) is 0 Å². The predicted molar refractivity (Wildman–Crippen MR) is 82.9 cm³/mol. The summed E-state index contributed by atoms with van der Waals surface area (Å²) in [6, 6.07) is 0. The normalized spacial score (nSPS) is 13.5. The monoisotopic (exact) mass is 351 g/mol. The van der Waals surface area contributed by atoms with E-state index < -0.39 is 19.8 Å². The molecule has 0 aromatic rings. The maximum absolute atomic E-state index is 2.33. The van der Waals surface area contributed by atoms with Crippen LogP contribution in [-0.4, -0.2) is 32.1 Å². The molecule has 0 N–H and O–H groups in total. The molecule has 16 heavy (non-hydrogen) atoms. The van der Waals surface area contributed by atoms with Gasteiger partial charge in [-0.05, 0) is 12.3 Å². The van der Waals surface area contributed by atoms with Crippen LogP contribution in [0, 0.1) is 0 Å². The van der Waals surface area contributed by atoms with Crippen molar-refractivity contribution in [3.05, 3.63) is 0 Å². The molecule has 1 aliphatic rings. The summed E-state index contributed by atoms with van der Waals surface area (Å²) < 4.78 is 5.04. The molecule has 0 amide bonds. The Balaban J connectivity index is 0.000000635. The molecule has 0 atom stereocenters. The van der Waals surface area contributed by atoms with Gasteiger partial charge in [-0.1, -0.05) is 0 Å². The zero-order valence-electron chi connectivity index (χ0n) is 11.8. The van der Waals surface area contributed by atoms with Crippen LogP contribution in [0.5, 0.6) is 0 Å². The van der Waals surface area contributed by atoms with Crippen LogP contribution in [0.4, 0.5) is 0 Å². The van der Waals surface area contributed by atoms with E-state index >= 15 is 0 Å². The number of hydrogen-bond donors (Lipinski definition) is 0. The van der Waals surface area contributed by atoms with E-state index in [1.165, 1.54) is 59.4 Å². The average molecular weight is 350 g/mol. The van der Waals surface area contributed by atoms with Crippen LogP contribution >= 0.6 is 8.58 Å². The van der Waals surface area contributed by atoms with E-state index in [0.29, 0.717) is 0 Å². The van der Waals surface area contributed by atoms with Crippen molar-refractivity contribution in [2.75, 3.05) is 12.3 Å². The molecular weight excluding hydrogens is 318 g/mol. The summed E-state index contributed by atoms with van der Waals surface area (Å²) in [5, 5.41) is 0. The van der Waals surface area contributed by atoms with Crippen molar-refractivity contribution in [2.24, 2.45) is 0 Å². The van der Waals surface area contributed by atoms with Gasteiger partial charge in [0.25, 0.3) is 0 Å². The summed E-state index contributed by atoms with van der Waals surface area (Å²) in [4.78, 5) is 0. The van der Waals surface area contributed by atoms with E-state index in [2.05, 4.69) is 20.8 Å². The standard InChI is InChI=1S/3C4H9.C2H5P.Sn/c3*1-3-4-2;1-2-3-1;/h3*1,3-4H2,2H3;3H,1-2H2;. The van der Waals surface area contributed by atoms with Gasteiger partial charge < -0.3 is 0 Å². The van der Waals surface area contributed by atoms with Gasteiger partial charge in [0, 0.05) is 0 Å². The van der Waals surface area contributed by atoms with Crippen molar-refractivity contribution in [3.63, 3.8) is 0 Å². The number of hydrogen-bond acceptors (Lipinski definition) is 0. The van der Waals surface area contributed by atoms with Crippen molar-refractivity contribution in [1.82, 2.24) is 0 Å². The van der Waals surface area contributed by atoms with Gasteiger partial charge in [-0.3, -0.25) is 0 Å². The van der Waals surface area contributed by atoms with Crippen LogP contribution in [0.1, 0.15) is 59.3 Å². The van der Waals surface area contributed by atoms with Gasteiger partial charge in [0.1, 0.15) is 0 Å². The second kappa shape index (κ2) is 14.3. The number of rotatable bonds is 9.